The van der Waals surface area contributed by atoms with Crippen molar-refractivity contribution in [1.29, 1.82) is 0 Å². The van der Waals surface area contributed by atoms with Gasteiger partial charge in [0.15, 0.2) is 0 Å². The van der Waals surface area contributed by atoms with Gasteiger partial charge in [-0.05, 0) is 30.9 Å². The van der Waals surface area contributed by atoms with Crippen molar-refractivity contribution < 1.29 is 9.53 Å². The summed E-state index contributed by atoms with van der Waals surface area (Å²) in [6.45, 7) is 0.675. The Hall–Kier alpha value is -1.75. The summed E-state index contributed by atoms with van der Waals surface area (Å²) in [4.78, 5) is 11.7. The molecule has 4 N–H and O–H groups in total. The zero-order valence-corrected chi connectivity index (χ0v) is 10.5. The van der Waals surface area contributed by atoms with Crippen LogP contribution in [0.5, 0.6) is 5.75 Å². The highest BCUT2D eigenvalue weighted by Crippen LogP contribution is 2.25. The van der Waals surface area contributed by atoms with Crippen molar-refractivity contribution >= 4 is 11.7 Å². The van der Waals surface area contributed by atoms with E-state index in [1.54, 1.807) is 19.2 Å². The maximum absolute atomic E-state index is 11.7. The number of hydrogen-bond acceptors (Lipinski definition) is 3. The molecule has 1 aliphatic rings. The number of para-hydroxylation sites is 2. The molecule has 0 aliphatic heterocycles. The monoisotopic (exact) mass is 249 g/mol. The van der Waals surface area contributed by atoms with Crippen molar-refractivity contribution in [1.82, 2.24) is 5.32 Å². The zero-order chi connectivity index (χ0) is 13.0. The van der Waals surface area contributed by atoms with Crippen LogP contribution in [0.15, 0.2) is 24.3 Å². The number of nitrogens with one attached hydrogen (secondary N) is 2. The average molecular weight is 249 g/mol. The number of urea groups is 1. The quantitative estimate of drug-likeness (QED) is 0.757. The highest BCUT2D eigenvalue weighted by molar-refractivity contribution is 5.90. The standard InChI is InChI=1S/C13H19N3O2/c1-18-12-5-3-2-4-11(12)16-13(17)15-8-9-6-10(14)7-9/h2-5,9-10H,6-8,14H2,1H3,(H2,15,16,17). The van der Waals surface area contributed by atoms with Gasteiger partial charge in [0.2, 0.25) is 0 Å². The first kappa shape index (κ1) is 12.7. The van der Waals surface area contributed by atoms with Gasteiger partial charge in [-0.15, -0.1) is 0 Å². The van der Waals surface area contributed by atoms with Gasteiger partial charge in [0.1, 0.15) is 5.75 Å². The third-order valence-corrected chi connectivity index (χ3v) is 3.18. The minimum absolute atomic E-state index is 0.208. The van der Waals surface area contributed by atoms with Gasteiger partial charge < -0.3 is 21.1 Å². The Morgan fingerprint density at radius 3 is 2.83 bits per heavy atom. The molecule has 0 heterocycles. The molecular formula is C13H19N3O2. The molecule has 98 valence electrons. The van der Waals surface area contributed by atoms with E-state index >= 15 is 0 Å². The zero-order valence-electron chi connectivity index (χ0n) is 10.5. The topological polar surface area (TPSA) is 76.4 Å². The SMILES string of the molecule is COc1ccccc1NC(=O)NCC1CC(N)C1. The number of anilines is 1. The molecule has 0 unspecified atom stereocenters. The number of carbonyl (C=O) groups excluding carboxylic acids is 1. The van der Waals surface area contributed by atoms with Crippen molar-refractivity contribution in [3.63, 3.8) is 0 Å². The van der Waals surface area contributed by atoms with E-state index in [0.717, 1.165) is 12.8 Å². The van der Waals surface area contributed by atoms with E-state index in [-0.39, 0.29) is 6.03 Å². The van der Waals surface area contributed by atoms with Crippen molar-refractivity contribution in [2.75, 3.05) is 19.0 Å². The average Bonchev–Trinajstić information content (AvgIpc) is 2.34. The van der Waals surface area contributed by atoms with Crippen LogP contribution >= 0.6 is 0 Å². The number of ether oxygens (including phenoxy) is 1. The Kier molecular flexibility index (Phi) is 4.04. The fraction of sp³-hybridized carbons (Fsp3) is 0.462. The molecular weight excluding hydrogens is 230 g/mol. The van der Waals surface area contributed by atoms with E-state index in [1.165, 1.54) is 0 Å². The Morgan fingerprint density at radius 1 is 1.44 bits per heavy atom. The van der Waals surface area contributed by atoms with Crippen LogP contribution in [-0.4, -0.2) is 25.7 Å². The lowest BCUT2D eigenvalue weighted by Gasteiger charge is -2.32. The third-order valence-electron chi connectivity index (χ3n) is 3.18. The molecule has 2 amide bonds. The highest BCUT2D eigenvalue weighted by atomic mass is 16.5. The Labute approximate surface area is 107 Å². The first-order chi connectivity index (χ1) is 8.69. The van der Waals surface area contributed by atoms with Gasteiger partial charge in [-0.3, -0.25) is 0 Å². The second kappa shape index (κ2) is 5.73. The molecule has 0 bridgehead atoms. The van der Waals surface area contributed by atoms with Gasteiger partial charge in [-0.25, -0.2) is 4.79 Å². The van der Waals surface area contributed by atoms with Crippen molar-refractivity contribution in [3.05, 3.63) is 24.3 Å². The van der Waals surface area contributed by atoms with E-state index in [0.29, 0.717) is 29.9 Å². The molecule has 5 nitrogen and oxygen atoms in total. The summed E-state index contributed by atoms with van der Waals surface area (Å²) in [7, 11) is 1.58. The summed E-state index contributed by atoms with van der Waals surface area (Å²) >= 11 is 0. The lowest BCUT2D eigenvalue weighted by molar-refractivity contribution is 0.234. The fourth-order valence-corrected chi connectivity index (χ4v) is 2.11. The van der Waals surface area contributed by atoms with Gasteiger partial charge >= 0.3 is 6.03 Å². The molecule has 0 radical (unpaired) electrons. The van der Waals surface area contributed by atoms with E-state index in [2.05, 4.69) is 10.6 Å². The van der Waals surface area contributed by atoms with Gasteiger partial charge in [0.05, 0.1) is 12.8 Å². The second-order valence-electron chi connectivity index (χ2n) is 4.63. The molecule has 1 saturated carbocycles. The van der Waals surface area contributed by atoms with E-state index in [9.17, 15) is 4.79 Å². The van der Waals surface area contributed by atoms with E-state index < -0.39 is 0 Å². The van der Waals surface area contributed by atoms with Crippen LogP contribution in [0.25, 0.3) is 0 Å². The van der Waals surface area contributed by atoms with Crippen LogP contribution in [0.1, 0.15) is 12.8 Å². The molecule has 5 heteroatoms. The number of amides is 2. The molecule has 1 aromatic carbocycles. The Balaban J connectivity index is 1.79. The van der Waals surface area contributed by atoms with Crippen LogP contribution in [0, 0.1) is 5.92 Å². The first-order valence-corrected chi connectivity index (χ1v) is 6.12. The molecule has 1 aliphatic carbocycles. The maximum Gasteiger partial charge on any atom is 0.319 e. The molecule has 0 atom stereocenters. The largest absolute Gasteiger partial charge is 0.495 e. The Morgan fingerprint density at radius 2 is 2.17 bits per heavy atom. The normalized spacial score (nSPS) is 21.9. The maximum atomic E-state index is 11.7. The lowest BCUT2D eigenvalue weighted by atomic mass is 9.81. The minimum atomic E-state index is -0.208. The molecule has 1 fully saturated rings. The second-order valence-corrected chi connectivity index (χ2v) is 4.63. The summed E-state index contributed by atoms with van der Waals surface area (Å²) in [5, 5.41) is 5.61. The molecule has 18 heavy (non-hydrogen) atoms. The molecule has 0 aromatic heterocycles. The van der Waals surface area contributed by atoms with Gasteiger partial charge in [-0.2, -0.15) is 0 Å². The number of nitrogens with two attached hydrogens (primary N) is 1. The number of carbonyl (C=O) groups is 1. The van der Waals surface area contributed by atoms with Gasteiger partial charge in [0, 0.05) is 12.6 Å². The molecule has 2 rings (SSSR count). The highest BCUT2D eigenvalue weighted by Gasteiger charge is 2.25. The molecule has 1 aromatic rings. The van der Waals surface area contributed by atoms with Crippen LogP contribution < -0.4 is 21.1 Å². The van der Waals surface area contributed by atoms with Crippen molar-refractivity contribution in [2.45, 2.75) is 18.9 Å². The smallest absolute Gasteiger partial charge is 0.319 e. The van der Waals surface area contributed by atoms with Gasteiger partial charge in [-0.1, -0.05) is 12.1 Å². The first-order valence-electron chi connectivity index (χ1n) is 6.12. The predicted molar refractivity (Wildman–Crippen MR) is 70.7 cm³/mol. The number of hydrogen-bond donors (Lipinski definition) is 3. The van der Waals surface area contributed by atoms with Crippen LogP contribution in [-0.2, 0) is 0 Å². The summed E-state index contributed by atoms with van der Waals surface area (Å²) in [6.07, 6.45) is 1.99. The third kappa shape index (κ3) is 3.13. The summed E-state index contributed by atoms with van der Waals surface area (Å²) in [6, 6.07) is 7.42. The summed E-state index contributed by atoms with van der Waals surface area (Å²) in [5.74, 6) is 1.17. The van der Waals surface area contributed by atoms with E-state index in [4.69, 9.17) is 10.5 Å². The van der Waals surface area contributed by atoms with Crippen molar-refractivity contribution in [3.8, 4) is 5.75 Å². The number of methoxy groups -OCH3 is 1. The number of benzene rings is 1. The van der Waals surface area contributed by atoms with E-state index in [1.807, 2.05) is 12.1 Å². The summed E-state index contributed by atoms with van der Waals surface area (Å²) in [5.41, 5.74) is 6.36. The lowest BCUT2D eigenvalue weighted by Crippen LogP contribution is -2.43. The minimum Gasteiger partial charge on any atom is -0.495 e. The molecule has 0 saturated heterocycles. The van der Waals surface area contributed by atoms with Crippen molar-refractivity contribution in [2.24, 2.45) is 11.7 Å². The summed E-state index contributed by atoms with van der Waals surface area (Å²) < 4.78 is 5.16. The van der Waals surface area contributed by atoms with Gasteiger partial charge in [0.25, 0.3) is 0 Å². The number of rotatable bonds is 4. The van der Waals surface area contributed by atoms with Crippen LogP contribution in [0.4, 0.5) is 10.5 Å². The fourth-order valence-electron chi connectivity index (χ4n) is 2.11. The predicted octanol–water partition coefficient (Wildman–Crippen LogP) is 1.55. The molecule has 0 spiro atoms. The Bertz CT molecular complexity index is 416. The van der Waals surface area contributed by atoms with Crippen LogP contribution in [0.2, 0.25) is 0 Å². The van der Waals surface area contributed by atoms with Crippen LogP contribution in [0.3, 0.4) is 0 Å².